The first-order chi connectivity index (χ1) is 20.7. The van der Waals surface area contributed by atoms with E-state index < -0.39 is 68.0 Å². The van der Waals surface area contributed by atoms with Crippen molar-refractivity contribution in [1.82, 2.24) is 20.3 Å². The van der Waals surface area contributed by atoms with E-state index in [2.05, 4.69) is 21.9 Å². The van der Waals surface area contributed by atoms with E-state index in [1.807, 2.05) is 51.1 Å². The van der Waals surface area contributed by atoms with Gasteiger partial charge >= 0.3 is 6.09 Å². The molecule has 0 unspecified atom stereocenters. The van der Waals surface area contributed by atoms with Crippen molar-refractivity contribution in [3.8, 4) is 0 Å². The number of likely N-dealkylation sites (tertiary alicyclic amines) is 1. The number of hydrogen-bond acceptors (Lipinski definition) is 7. The van der Waals surface area contributed by atoms with Gasteiger partial charge in [0.05, 0.1) is 5.25 Å². The molecule has 3 aliphatic carbocycles. The molecule has 11 nitrogen and oxygen atoms in total. The summed E-state index contributed by atoms with van der Waals surface area (Å²) in [5.74, 6) is -2.39. The number of sulfonamides is 1. The lowest BCUT2D eigenvalue weighted by Gasteiger charge is -2.35. The highest BCUT2D eigenvalue weighted by molar-refractivity contribution is 7.91. The first-order valence-corrected chi connectivity index (χ1v) is 17.1. The first kappa shape index (κ1) is 32.0. The molecule has 4 fully saturated rings. The first-order valence-electron chi connectivity index (χ1n) is 15.6. The van der Waals surface area contributed by atoms with Gasteiger partial charge in [0.2, 0.25) is 21.8 Å². The zero-order valence-corrected chi connectivity index (χ0v) is 26.5. The molecule has 5 rings (SSSR count). The summed E-state index contributed by atoms with van der Waals surface area (Å²) in [7, 11) is -3.83. The summed E-state index contributed by atoms with van der Waals surface area (Å²) in [4.78, 5) is 56.0. The van der Waals surface area contributed by atoms with Crippen LogP contribution in [0.5, 0.6) is 0 Å². The molecule has 1 aromatic carbocycles. The fourth-order valence-corrected chi connectivity index (χ4v) is 7.80. The second kappa shape index (κ2) is 12.2. The molecule has 0 aromatic heterocycles. The number of amides is 4. The van der Waals surface area contributed by atoms with Crippen LogP contribution < -0.4 is 15.4 Å². The van der Waals surface area contributed by atoms with Gasteiger partial charge in [0, 0.05) is 18.4 Å². The van der Waals surface area contributed by atoms with Gasteiger partial charge in [-0.15, -0.1) is 6.58 Å². The van der Waals surface area contributed by atoms with Crippen LogP contribution in [0.3, 0.4) is 0 Å². The van der Waals surface area contributed by atoms with Crippen molar-refractivity contribution in [3.05, 3.63) is 48.6 Å². The number of nitrogens with zero attached hydrogens (tertiary/aromatic N) is 1. The molecule has 4 amide bonds. The van der Waals surface area contributed by atoms with E-state index in [1.54, 1.807) is 0 Å². The van der Waals surface area contributed by atoms with Gasteiger partial charge < -0.3 is 20.3 Å². The zero-order valence-electron chi connectivity index (χ0n) is 25.7. The summed E-state index contributed by atoms with van der Waals surface area (Å²) < 4.78 is 32.9. The molecule has 5 atom stereocenters. The molecular formula is C32H44N4O7S. The van der Waals surface area contributed by atoms with Crippen LogP contribution in [0.15, 0.2) is 43.0 Å². The molecule has 240 valence electrons. The second-order valence-electron chi connectivity index (χ2n) is 13.8. The highest BCUT2D eigenvalue weighted by Gasteiger charge is 2.62. The number of rotatable bonds is 10. The van der Waals surface area contributed by atoms with Crippen LogP contribution in [-0.2, 0) is 29.1 Å². The number of benzene rings is 1. The third kappa shape index (κ3) is 6.79. The Morgan fingerprint density at radius 1 is 1.07 bits per heavy atom. The lowest BCUT2D eigenvalue weighted by molar-refractivity contribution is -0.142. The van der Waals surface area contributed by atoms with Gasteiger partial charge in [0.25, 0.3) is 5.91 Å². The van der Waals surface area contributed by atoms with E-state index in [4.69, 9.17) is 4.74 Å². The average Bonchev–Trinajstić information content (AvgIpc) is 3.84. The summed E-state index contributed by atoms with van der Waals surface area (Å²) in [6, 6.07) is 7.63. The Kier molecular flexibility index (Phi) is 8.85. The quantitative estimate of drug-likeness (QED) is 0.337. The van der Waals surface area contributed by atoms with Crippen LogP contribution in [0.4, 0.5) is 4.79 Å². The number of nitrogens with one attached hydrogen (secondary N) is 3. The Morgan fingerprint density at radius 2 is 1.73 bits per heavy atom. The Balaban J connectivity index is 1.38. The minimum absolute atomic E-state index is 0.170. The van der Waals surface area contributed by atoms with Gasteiger partial charge in [-0.3, -0.25) is 19.1 Å². The van der Waals surface area contributed by atoms with Gasteiger partial charge in [-0.25, -0.2) is 13.2 Å². The van der Waals surface area contributed by atoms with Gasteiger partial charge in [-0.1, -0.05) is 57.2 Å². The summed E-state index contributed by atoms with van der Waals surface area (Å²) in [6.07, 6.45) is 5.73. The maximum Gasteiger partial charge on any atom is 0.408 e. The molecule has 1 aromatic rings. The van der Waals surface area contributed by atoms with Crippen LogP contribution in [-0.4, -0.2) is 72.7 Å². The Bertz CT molecular complexity index is 1400. The van der Waals surface area contributed by atoms with Crippen molar-refractivity contribution in [3.63, 3.8) is 0 Å². The minimum Gasteiger partial charge on any atom is -0.446 e. The van der Waals surface area contributed by atoms with Crippen LogP contribution >= 0.6 is 0 Å². The van der Waals surface area contributed by atoms with Crippen LogP contribution in [0.25, 0.3) is 0 Å². The average molecular weight is 629 g/mol. The smallest absolute Gasteiger partial charge is 0.408 e. The maximum absolute atomic E-state index is 14.3. The predicted octanol–water partition coefficient (Wildman–Crippen LogP) is 3.12. The van der Waals surface area contributed by atoms with Crippen molar-refractivity contribution in [2.24, 2.45) is 11.3 Å². The molecule has 0 spiro atoms. The molecule has 3 N–H and O–H groups in total. The topological polar surface area (TPSA) is 151 Å². The van der Waals surface area contributed by atoms with E-state index in [0.717, 1.165) is 31.2 Å². The van der Waals surface area contributed by atoms with Crippen LogP contribution in [0, 0.1) is 11.3 Å². The number of carbonyl (C=O) groups is 4. The van der Waals surface area contributed by atoms with E-state index in [1.165, 1.54) is 11.0 Å². The monoisotopic (exact) mass is 628 g/mol. The van der Waals surface area contributed by atoms with Gasteiger partial charge in [0.15, 0.2) is 0 Å². The van der Waals surface area contributed by atoms with Crippen molar-refractivity contribution in [1.29, 1.82) is 0 Å². The van der Waals surface area contributed by atoms with Crippen LogP contribution in [0.1, 0.15) is 83.6 Å². The van der Waals surface area contributed by atoms with Crippen molar-refractivity contribution in [2.75, 3.05) is 6.54 Å². The third-order valence-electron chi connectivity index (χ3n) is 9.36. The SMILES string of the molecule is C=C[C@@H]1C[C@]1(NC(=O)[C@@H]1C[C@@H](c2ccccc2)CN1C(=O)[C@@H](NC(=O)OC1CCCC1)C(C)(C)C)C(=O)NS(=O)(=O)C1CC1. The van der Waals surface area contributed by atoms with E-state index in [0.29, 0.717) is 19.3 Å². The molecule has 0 bridgehead atoms. The lowest BCUT2D eigenvalue weighted by Crippen LogP contribution is -2.60. The lowest BCUT2D eigenvalue weighted by atomic mass is 9.85. The molecule has 3 saturated carbocycles. The molecule has 44 heavy (non-hydrogen) atoms. The van der Waals surface area contributed by atoms with E-state index in [-0.39, 0.29) is 25.0 Å². The summed E-state index contributed by atoms with van der Waals surface area (Å²) >= 11 is 0. The molecule has 0 radical (unpaired) electrons. The van der Waals surface area contributed by atoms with Gasteiger partial charge in [-0.2, -0.15) is 0 Å². The number of carbonyl (C=O) groups excluding carboxylic acids is 4. The fraction of sp³-hybridized carbons (Fsp3) is 0.625. The van der Waals surface area contributed by atoms with E-state index in [9.17, 15) is 27.6 Å². The summed E-state index contributed by atoms with van der Waals surface area (Å²) in [5.41, 5.74) is -1.21. The Labute approximate surface area is 259 Å². The molecular weight excluding hydrogens is 584 g/mol. The number of ether oxygens (including phenoxy) is 1. The van der Waals surface area contributed by atoms with Gasteiger partial charge in [0.1, 0.15) is 23.7 Å². The predicted molar refractivity (Wildman–Crippen MR) is 164 cm³/mol. The standard InChI is InChI=1S/C32H44N4O7S/c1-5-22-18-32(22,29(39)35-44(41,42)24-15-16-24)34-27(37)25-17-21(20-11-7-6-8-12-20)19-36(25)28(38)26(31(2,3)4)33-30(40)43-23-13-9-10-14-23/h5-8,11-12,21-26H,1,9-10,13-19H2,2-4H3,(H,33,40)(H,34,37)(H,35,39)/t21-,22-,25+,26-,32-/m1/s1. The van der Waals surface area contributed by atoms with Crippen molar-refractivity contribution in [2.45, 2.75) is 107 Å². The van der Waals surface area contributed by atoms with E-state index >= 15 is 0 Å². The molecule has 12 heteroatoms. The Hall–Kier alpha value is -3.41. The third-order valence-corrected chi connectivity index (χ3v) is 11.2. The normalized spacial score (nSPS) is 27.7. The fourth-order valence-electron chi connectivity index (χ4n) is 6.44. The summed E-state index contributed by atoms with van der Waals surface area (Å²) in [6.45, 7) is 9.50. The number of hydrogen-bond donors (Lipinski definition) is 3. The largest absolute Gasteiger partial charge is 0.446 e. The summed E-state index contributed by atoms with van der Waals surface area (Å²) in [5, 5.41) is 5.01. The molecule has 1 aliphatic heterocycles. The van der Waals surface area contributed by atoms with Crippen molar-refractivity contribution >= 4 is 33.8 Å². The highest BCUT2D eigenvalue weighted by atomic mass is 32.2. The van der Waals surface area contributed by atoms with Crippen LogP contribution in [0.2, 0.25) is 0 Å². The Morgan fingerprint density at radius 3 is 2.30 bits per heavy atom. The second-order valence-corrected chi connectivity index (χ2v) is 15.7. The zero-order chi connectivity index (χ0) is 31.9. The maximum atomic E-state index is 14.3. The molecule has 1 heterocycles. The molecule has 4 aliphatic rings. The number of alkyl carbamates (subject to hydrolysis) is 1. The van der Waals surface area contributed by atoms with Crippen molar-refractivity contribution < 1.29 is 32.3 Å². The molecule has 1 saturated heterocycles. The van der Waals surface area contributed by atoms with Gasteiger partial charge in [-0.05, 0) is 62.3 Å². The minimum atomic E-state index is -3.83. The highest BCUT2D eigenvalue weighted by Crippen LogP contribution is 2.46.